The highest BCUT2D eigenvalue weighted by atomic mass is 35.5. The highest BCUT2D eigenvalue weighted by molar-refractivity contribution is 7.99. The van der Waals surface area contributed by atoms with Crippen LogP contribution in [0.1, 0.15) is 19.3 Å². The fraction of sp³-hybridized carbons (Fsp3) is 0.500. The van der Waals surface area contributed by atoms with Crippen LogP contribution in [-0.2, 0) is 24.3 Å². The number of ether oxygens (including phenoxy) is 2. The number of anilines is 1. The van der Waals surface area contributed by atoms with E-state index in [9.17, 15) is 22.0 Å². The van der Waals surface area contributed by atoms with Gasteiger partial charge in [-0.05, 0) is 49.2 Å². The van der Waals surface area contributed by atoms with Crippen molar-refractivity contribution in [2.45, 2.75) is 53.0 Å². The Bertz CT molecular complexity index is 1320. The fourth-order valence-electron chi connectivity index (χ4n) is 4.91. The molecule has 3 aliphatic rings. The molecule has 8 nitrogen and oxygen atoms in total. The number of hydrogen-bond acceptors (Lipinski definition) is 8. The number of benzene rings is 2. The van der Waals surface area contributed by atoms with Gasteiger partial charge in [0.15, 0.2) is 5.60 Å². The van der Waals surface area contributed by atoms with Crippen LogP contribution in [0.3, 0.4) is 0 Å². The molecule has 40 heavy (non-hydrogen) atoms. The van der Waals surface area contributed by atoms with Gasteiger partial charge in [0.25, 0.3) is 15.9 Å². The van der Waals surface area contributed by atoms with E-state index in [1.807, 2.05) is 4.90 Å². The maximum absolute atomic E-state index is 13.3. The smallest absolute Gasteiger partial charge is 0.268 e. The van der Waals surface area contributed by atoms with E-state index >= 15 is 0 Å². The summed E-state index contributed by atoms with van der Waals surface area (Å²) in [4.78, 5) is 15.5. The average molecular weight is 637 g/mol. The Morgan fingerprint density at radius 2 is 1.90 bits per heavy atom. The van der Waals surface area contributed by atoms with Crippen LogP contribution in [-0.4, -0.2) is 81.7 Å². The van der Waals surface area contributed by atoms with Gasteiger partial charge in [0.1, 0.15) is 12.0 Å². The number of rotatable bonds is 11. The van der Waals surface area contributed by atoms with Crippen molar-refractivity contribution >= 4 is 56.6 Å². The molecule has 2 aromatic carbocycles. The summed E-state index contributed by atoms with van der Waals surface area (Å²) < 4.78 is 66.0. The Hall–Kier alpha value is -1.67. The third kappa shape index (κ3) is 6.86. The maximum Gasteiger partial charge on any atom is 0.268 e. The molecule has 218 valence electrons. The second-order valence-corrected chi connectivity index (χ2v) is 13.8. The van der Waals surface area contributed by atoms with Gasteiger partial charge >= 0.3 is 0 Å². The van der Waals surface area contributed by atoms with Crippen molar-refractivity contribution in [1.82, 2.24) is 9.62 Å². The minimum Gasteiger partial charge on any atom is -0.379 e. The zero-order valence-electron chi connectivity index (χ0n) is 21.4. The first-order valence-corrected chi connectivity index (χ1v) is 16.1. The normalized spacial score (nSPS) is 23.9. The summed E-state index contributed by atoms with van der Waals surface area (Å²) in [5.74, 6) is -0.551. The average Bonchev–Trinajstić information content (AvgIpc) is 3.20. The summed E-state index contributed by atoms with van der Waals surface area (Å²) in [6.07, 6.45) is 0.629. The van der Waals surface area contributed by atoms with E-state index in [1.165, 1.54) is 36.0 Å². The molecular weight excluding hydrogens is 607 g/mol. The predicted octanol–water partition coefficient (Wildman–Crippen LogP) is 4.50. The Balaban J connectivity index is 1.28. The molecule has 1 amide bonds. The van der Waals surface area contributed by atoms with Gasteiger partial charge in [0, 0.05) is 42.7 Å². The Labute approximate surface area is 246 Å². The molecule has 2 bridgehead atoms. The van der Waals surface area contributed by atoms with E-state index in [1.54, 1.807) is 12.1 Å². The summed E-state index contributed by atoms with van der Waals surface area (Å²) in [6.45, 7) is 1.71. The van der Waals surface area contributed by atoms with Crippen LogP contribution in [0.4, 0.5) is 14.5 Å². The quantitative estimate of drug-likeness (QED) is 0.349. The molecule has 2 N–H and O–H groups in total. The zero-order valence-corrected chi connectivity index (χ0v) is 24.5. The van der Waals surface area contributed by atoms with Gasteiger partial charge in [0.05, 0.1) is 39.9 Å². The van der Waals surface area contributed by atoms with Crippen LogP contribution < -0.4 is 10.0 Å². The van der Waals surface area contributed by atoms with Crippen molar-refractivity contribution in [2.75, 3.05) is 43.9 Å². The number of amides is 1. The number of carbonyl (C=O) groups excluding carboxylic acids is 1. The third-order valence-electron chi connectivity index (χ3n) is 7.21. The number of likely N-dealkylation sites (tertiary alicyclic amines) is 1. The molecule has 0 saturated carbocycles. The van der Waals surface area contributed by atoms with Crippen molar-refractivity contribution in [2.24, 2.45) is 0 Å². The van der Waals surface area contributed by atoms with Crippen LogP contribution in [0, 0.1) is 5.82 Å². The first kappa shape index (κ1) is 29.8. The summed E-state index contributed by atoms with van der Waals surface area (Å²) in [6, 6.07) is 8.42. The van der Waals surface area contributed by atoms with E-state index in [4.69, 9.17) is 32.7 Å². The second-order valence-electron chi connectivity index (χ2n) is 10.2. The zero-order chi connectivity index (χ0) is 28.5. The van der Waals surface area contributed by atoms with Gasteiger partial charge in [-0.15, -0.1) is 11.8 Å². The number of halogens is 4. The molecule has 3 heterocycles. The number of hydrogen-bond donors (Lipinski definition) is 2. The molecule has 0 unspecified atom stereocenters. The van der Waals surface area contributed by atoms with Crippen molar-refractivity contribution in [3.8, 4) is 0 Å². The SMILES string of the molecule is O=C(NS(=O)(=O)c1cc(Cl)c(N[C@H](CCN2CC(F)C2)CSc2ccc(F)cc2)c(Cl)c1)[C@]12CO[C@H](CCO1)C2. The first-order valence-electron chi connectivity index (χ1n) is 12.9. The molecule has 0 spiro atoms. The largest absolute Gasteiger partial charge is 0.379 e. The summed E-state index contributed by atoms with van der Waals surface area (Å²) >= 11 is 14.5. The van der Waals surface area contributed by atoms with Crippen LogP contribution >= 0.6 is 35.0 Å². The minimum absolute atomic E-state index is 0.00980. The second kappa shape index (κ2) is 12.3. The summed E-state index contributed by atoms with van der Waals surface area (Å²) in [5.41, 5.74) is -0.995. The van der Waals surface area contributed by atoms with E-state index in [0.717, 1.165) is 4.90 Å². The van der Waals surface area contributed by atoms with Crippen LogP contribution in [0.5, 0.6) is 0 Å². The predicted molar refractivity (Wildman–Crippen MR) is 150 cm³/mol. The van der Waals surface area contributed by atoms with Gasteiger partial charge < -0.3 is 14.8 Å². The molecule has 5 rings (SSSR count). The topological polar surface area (TPSA) is 97.0 Å². The molecule has 0 aromatic heterocycles. The number of sulfonamides is 1. The lowest BCUT2D eigenvalue weighted by molar-refractivity contribution is -0.146. The highest BCUT2D eigenvalue weighted by Crippen LogP contribution is 2.37. The van der Waals surface area contributed by atoms with Crippen LogP contribution in [0.25, 0.3) is 0 Å². The van der Waals surface area contributed by atoms with Crippen molar-refractivity contribution in [1.29, 1.82) is 0 Å². The van der Waals surface area contributed by atoms with Gasteiger partial charge in [-0.2, -0.15) is 0 Å². The number of carbonyl (C=O) groups is 1. The number of thioether (sulfide) groups is 1. The molecule has 3 aliphatic heterocycles. The third-order valence-corrected chi connectivity index (χ3v) is 10.3. The minimum atomic E-state index is -4.31. The first-order chi connectivity index (χ1) is 19.0. The van der Waals surface area contributed by atoms with E-state index in [-0.39, 0.29) is 39.5 Å². The number of nitrogens with one attached hydrogen (secondary N) is 2. The molecular formula is C26H29Cl2F2N3O5S2. The summed E-state index contributed by atoms with van der Waals surface area (Å²) in [5, 5.41) is 3.42. The summed E-state index contributed by atoms with van der Waals surface area (Å²) in [7, 11) is -4.31. The van der Waals surface area contributed by atoms with Gasteiger partial charge in [0.2, 0.25) is 0 Å². The molecule has 2 aromatic rings. The number of fused-ring (bicyclic) bond motifs is 2. The molecule has 3 atom stereocenters. The lowest BCUT2D eigenvalue weighted by Crippen LogP contribution is -2.52. The van der Waals surface area contributed by atoms with Crippen LogP contribution in [0.2, 0.25) is 10.0 Å². The van der Waals surface area contributed by atoms with Crippen LogP contribution in [0.15, 0.2) is 46.2 Å². The fourth-order valence-corrected chi connectivity index (χ4v) is 7.70. The number of nitrogens with zero attached hydrogens (tertiary/aromatic N) is 1. The Morgan fingerprint density at radius 1 is 1.20 bits per heavy atom. The van der Waals surface area contributed by atoms with E-state index < -0.39 is 27.7 Å². The van der Waals surface area contributed by atoms with Crippen molar-refractivity contribution < 1.29 is 31.5 Å². The number of alkyl halides is 1. The molecule has 3 fully saturated rings. The molecule has 3 saturated heterocycles. The van der Waals surface area contributed by atoms with Gasteiger partial charge in [-0.3, -0.25) is 9.69 Å². The Morgan fingerprint density at radius 3 is 2.58 bits per heavy atom. The molecule has 0 radical (unpaired) electrons. The van der Waals surface area contributed by atoms with Gasteiger partial charge in [-0.25, -0.2) is 21.9 Å². The lowest BCUT2D eigenvalue weighted by Gasteiger charge is -2.35. The van der Waals surface area contributed by atoms with E-state index in [0.29, 0.717) is 56.9 Å². The lowest BCUT2D eigenvalue weighted by atomic mass is 9.95. The highest BCUT2D eigenvalue weighted by Gasteiger charge is 2.51. The monoisotopic (exact) mass is 635 g/mol. The van der Waals surface area contributed by atoms with Crippen molar-refractivity contribution in [3.05, 3.63) is 52.3 Å². The molecule has 0 aliphatic carbocycles. The standard InChI is InChI=1S/C26H29Cl2F2N3O5S2/c27-22-9-21(40(35,36)32-25(34)26-11-19(37-15-26)6-8-38-26)10-23(28)24(22)31-18(5-7-33-12-17(30)13-33)14-39-20-3-1-16(29)2-4-20/h1-4,9-10,17-19,31H,5-8,11-15H2,(H,32,34)/t18-,19-,26+/m1/s1. The van der Waals surface area contributed by atoms with Gasteiger partial charge in [-0.1, -0.05) is 23.2 Å². The van der Waals surface area contributed by atoms with E-state index in [2.05, 4.69) is 10.0 Å². The maximum atomic E-state index is 13.3. The Kier molecular flexibility index (Phi) is 9.16. The molecule has 14 heteroatoms. The van der Waals surface area contributed by atoms with Crippen molar-refractivity contribution in [3.63, 3.8) is 0 Å².